The first-order chi connectivity index (χ1) is 14.1. The Morgan fingerprint density at radius 3 is 2.90 bits per heavy atom. The Hall–Kier alpha value is -3.65. The van der Waals surface area contributed by atoms with Crippen LogP contribution in [0.15, 0.2) is 61.3 Å². The van der Waals surface area contributed by atoms with Gasteiger partial charge in [0.25, 0.3) is 5.91 Å². The Kier molecular flexibility index (Phi) is 5.26. The van der Waals surface area contributed by atoms with E-state index >= 15 is 0 Å². The SMILES string of the molecule is O=C(COC(=O)Cc1c[nH]c2ccccc12)Nc1cc(Cl)ccc1-n1cncn1. The van der Waals surface area contributed by atoms with Crippen LogP contribution < -0.4 is 5.32 Å². The number of aromatic amines is 1. The van der Waals surface area contributed by atoms with E-state index in [1.165, 1.54) is 17.3 Å². The molecule has 4 rings (SSSR count). The molecule has 0 saturated carbocycles. The molecule has 0 unspecified atom stereocenters. The highest BCUT2D eigenvalue weighted by Gasteiger charge is 2.14. The summed E-state index contributed by atoms with van der Waals surface area (Å²) in [5.74, 6) is -0.978. The predicted molar refractivity (Wildman–Crippen MR) is 108 cm³/mol. The van der Waals surface area contributed by atoms with Crippen molar-refractivity contribution in [1.29, 1.82) is 0 Å². The number of nitrogens with zero attached hydrogens (tertiary/aromatic N) is 3. The van der Waals surface area contributed by atoms with Crippen molar-refractivity contribution < 1.29 is 14.3 Å². The molecule has 1 amide bonds. The predicted octanol–water partition coefficient (Wildman–Crippen LogP) is 3.13. The Bertz CT molecular complexity index is 1170. The number of fused-ring (bicyclic) bond motifs is 1. The lowest BCUT2D eigenvalue weighted by Gasteiger charge is -2.11. The lowest BCUT2D eigenvalue weighted by Crippen LogP contribution is -2.22. The summed E-state index contributed by atoms with van der Waals surface area (Å²) in [4.78, 5) is 31.4. The number of halogens is 1. The van der Waals surface area contributed by atoms with E-state index in [1.54, 1.807) is 24.4 Å². The van der Waals surface area contributed by atoms with Gasteiger partial charge < -0.3 is 15.0 Å². The molecule has 29 heavy (non-hydrogen) atoms. The fourth-order valence-corrected chi connectivity index (χ4v) is 3.13. The minimum Gasteiger partial charge on any atom is -0.455 e. The van der Waals surface area contributed by atoms with E-state index in [4.69, 9.17) is 16.3 Å². The highest BCUT2D eigenvalue weighted by Crippen LogP contribution is 2.24. The van der Waals surface area contributed by atoms with Crippen LogP contribution in [0.2, 0.25) is 5.02 Å². The van der Waals surface area contributed by atoms with Gasteiger partial charge in [0.2, 0.25) is 0 Å². The van der Waals surface area contributed by atoms with E-state index in [-0.39, 0.29) is 6.42 Å². The zero-order chi connectivity index (χ0) is 20.2. The minimum atomic E-state index is -0.493. The van der Waals surface area contributed by atoms with E-state index < -0.39 is 18.5 Å². The number of aromatic nitrogens is 4. The van der Waals surface area contributed by atoms with Gasteiger partial charge in [0.1, 0.15) is 12.7 Å². The second kappa shape index (κ2) is 8.15. The van der Waals surface area contributed by atoms with Gasteiger partial charge in [-0.1, -0.05) is 29.8 Å². The third-order valence-corrected chi connectivity index (χ3v) is 4.51. The number of nitrogens with one attached hydrogen (secondary N) is 2. The number of hydrogen-bond acceptors (Lipinski definition) is 5. The number of H-pyrrole nitrogens is 1. The van der Waals surface area contributed by atoms with Gasteiger partial charge in [-0.3, -0.25) is 9.59 Å². The zero-order valence-electron chi connectivity index (χ0n) is 15.1. The number of esters is 1. The van der Waals surface area contributed by atoms with Crippen LogP contribution in [0.5, 0.6) is 0 Å². The average Bonchev–Trinajstić information content (AvgIpc) is 3.37. The van der Waals surface area contributed by atoms with Gasteiger partial charge >= 0.3 is 5.97 Å². The van der Waals surface area contributed by atoms with Gasteiger partial charge in [-0.05, 0) is 29.8 Å². The Morgan fingerprint density at radius 2 is 2.07 bits per heavy atom. The number of benzene rings is 2. The van der Waals surface area contributed by atoms with Crippen molar-refractivity contribution >= 4 is 40.1 Å². The largest absolute Gasteiger partial charge is 0.455 e. The summed E-state index contributed by atoms with van der Waals surface area (Å²) in [6, 6.07) is 12.6. The van der Waals surface area contributed by atoms with Crippen molar-refractivity contribution in [2.24, 2.45) is 0 Å². The van der Waals surface area contributed by atoms with Gasteiger partial charge in [0, 0.05) is 22.1 Å². The molecule has 0 aliphatic heterocycles. The van der Waals surface area contributed by atoms with E-state index in [9.17, 15) is 9.59 Å². The molecule has 0 atom stereocenters. The summed E-state index contributed by atoms with van der Waals surface area (Å²) in [5.41, 5.74) is 2.77. The van der Waals surface area contributed by atoms with Crippen molar-refractivity contribution in [2.75, 3.05) is 11.9 Å². The molecule has 9 heteroatoms. The number of anilines is 1. The number of carbonyl (C=O) groups excluding carboxylic acids is 2. The molecule has 0 bridgehead atoms. The quantitative estimate of drug-likeness (QED) is 0.476. The second-order valence-electron chi connectivity index (χ2n) is 6.25. The first kappa shape index (κ1) is 18.7. The van der Waals surface area contributed by atoms with Crippen LogP contribution in [0.4, 0.5) is 5.69 Å². The molecular weight excluding hydrogens is 394 g/mol. The molecule has 2 heterocycles. The minimum absolute atomic E-state index is 0.0681. The second-order valence-corrected chi connectivity index (χ2v) is 6.68. The van der Waals surface area contributed by atoms with Crippen molar-refractivity contribution in [2.45, 2.75) is 6.42 Å². The molecule has 2 aromatic heterocycles. The number of para-hydroxylation sites is 1. The summed E-state index contributed by atoms with van der Waals surface area (Å²) in [6.45, 7) is -0.412. The molecule has 0 aliphatic carbocycles. The summed E-state index contributed by atoms with van der Waals surface area (Å²) >= 11 is 6.03. The van der Waals surface area contributed by atoms with Crippen molar-refractivity contribution in [1.82, 2.24) is 19.7 Å². The Labute approximate surface area is 170 Å². The van der Waals surface area contributed by atoms with Crippen LogP contribution in [-0.4, -0.2) is 38.2 Å². The Balaban J connectivity index is 1.38. The summed E-state index contributed by atoms with van der Waals surface area (Å²) < 4.78 is 6.62. The van der Waals surface area contributed by atoms with Crippen molar-refractivity contribution in [3.63, 3.8) is 0 Å². The number of rotatable bonds is 6. The first-order valence-corrected chi connectivity index (χ1v) is 9.13. The summed E-state index contributed by atoms with van der Waals surface area (Å²) in [6.07, 6.45) is 4.72. The zero-order valence-corrected chi connectivity index (χ0v) is 15.9. The molecule has 0 fully saturated rings. The molecule has 0 saturated heterocycles. The summed E-state index contributed by atoms with van der Waals surface area (Å²) in [5, 5.41) is 8.13. The van der Waals surface area contributed by atoms with Gasteiger partial charge in [-0.15, -0.1) is 0 Å². The highest BCUT2D eigenvalue weighted by atomic mass is 35.5. The molecule has 4 aromatic rings. The molecule has 0 radical (unpaired) electrons. The van der Waals surface area contributed by atoms with E-state index in [0.29, 0.717) is 16.4 Å². The number of hydrogen-bond donors (Lipinski definition) is 2. The smallest absolute Gasteiger partial charge is 0.310 e. The third-order valence-electron chi connectivity index (χ3n) is 4.27. The van der Waals surface area contributed by atoms with Gasteiger partial charge in [-0.2, -0.15) is 5.10 Å². The number of carbonyl (C=O) groups is 2. The standard InChI is InChI=1S/C20H16ClN5O3/c21-14-5-6-18(26-12-22-11-24-26)17(8-14)25-19(27)10-29-20(28)7-13-9-23-16-4-2-1-3-15(13)16/h1-6,8-9,11-12,23H,7,10H2,(H,25,27). The van der Waals surface area contributed by atoms with Crippen LogP contribution >= 0.6 is 11.6 Å². The molecule has 8 nitrogen and oxygen atoms in total. The van der Waals surface area contributed by atoms with Gasteiger partial charge in [-0.25, -0.2) is 9.67 Å². The molecule has 2 aromatic carbocycles. The monoisotopic (exact) mass is 409 g/mol. The molecule has 2 N–H and O–H groups in total. The van der Waals surface area contributed by atoms with Crippen LogP contribution in [0, 0.1) is 0 Å². The highest BCUT2D eigenvalue weighted by molar-refractivity contribution is 6.31. The lowest BCUT2D eigenvalue weighted by molar-refractivity contribution is -0.146. The molecule has 0 spiro atoms. The maximum atomic E-state index is 12.3. The number of ether oxygens (including phenoxy) is 1. The fourth-order valence-electron chi connectivity index (χ4n) is 2.96. The lowest BCUT2D eigenvalue weighted by atomic mass is 10.1. The number of amides is 1. The van der Waals surface area contributed by atoms with Crippen LogP contribution in [0.25, 0.3) is 16.6 Å². The fraction of sp³-hybridized carbons (Fsp3) is 0.100. The Morgan fingerprint density at radius 1 is 1.21 bits per heavy atom. The molecular formula is C20H16ClN5O3. The third kappa shape index (κ3) is 4.27. The normalized spacial score (nSPS) is 10.8. The van der Waals surface area contributed by atoms with Gasteiger partial charge in [0.05, 0.1) is 17.8 Å². The average molecular weight is 410 g/mol. The van der Waals surface area contributed by atoms with E-state index in [0.717, 1.165) is 16.5 Å². The van der Waals surface area contributed by atoms with E-state index in [2.05, 4.69) is 20.4 Å². The molecule has 0 aliphatic rings. The van der Waals surface area contributed by atoms with Crippen molar-refractivity contribution in [3.8, 4) is 5.69 Å². The van der Waals surface area contributed by atoms with Gasteiger partial charge in [0.15, 0.2) is 6.61 Å². The van der Waals surface area contributed by atoms with Crippen LogP contribution in [0.3, 0.4) is 0 Å². The maximum absolute atomic E-state index is 12.3. The van der Waals surface area contributed by atoms with E-state index in [1.807, 2.05) is 24.3 Å². The van der Waals surface area contributed by atoms with Crippen LogP contribution in [-0.2, 0) is 20.7 Å². The molecule has 146 valence electrons. The maximum Gasteiger partial charge on any atom is 0.310 e. The summed E-state index contributed by atoms with van der Waals surface area (Å²) in [7, 11) is 0. The van der Waals surface area contributed by atoms with Crippen molar-refractivity contribution in [3.05, 3.63) is 71.9 Å². The van der Waals surface area contributed by atoms with Crippen LogP contribution in [0.1, 0.15) is 5.56 Å². The first-order valence-electron chi connectivity index (χ1n) is 8.75. The topological polar surface area (TPSA) is 102 Å².